The summed E-state index contributed by atoms with van der Waals surface area (Å²) in [6, 6.07) is 0. The lowest BCUT2D eigenvalue weighted by Crippen LogP contribution is -2.56. The number of phosphoric acid groups is 2. The van der Waals surface area contributed by atoms with Crippen LogP contribution in [0.1, 0.15) is 162 Å². The fourth-order valence-corrected chi connectivity index (χ4v) is 9.57. The minimum absolute atomic E-state index is 0.0378. The van der Waals surface area contributed by atoms with Crippen LogP contribution in [0.5, 0.6) is 0 Å². The molecule has 2 rings (SSSR count). The molecule has 2 bridgehead atoms. The fraction of sp³-hybridized carbons (Fsp3) is 0.844. The van der Waals surface area contributed by atoms with E-state index in [0.717, 1.165) is 57.4 Å². The van der Waals surface area contributed by atoms with Gasteiger partial charge in [-0.05, 0) is 51.4 Å². The molecule has 19 nitrogen and oxygen atoms in total. The molecule has 384 valence electrons. The predicted molar refractivity (Wildman–Crippen MR) is 242 cm³/mol. The van der Waals surface area contributed by atoms with E-state index in [1.165, 1.54) is 31.8 Å². The molecule has 1 unspecified atom stereocenters. The van der Waals surface area contributed by atoms with Crippen LogP contribution in [-0.4, -0.2) is 131 Å². The normalized spacial score (nSPS) is 31.3. The Morgan fingerprint density at radius 3 is 2.11 bits per heavy atom. The molecule has 9 N–H and O–H groups in total. The second-order valence-corrected chi connectivity index (χ2v) is 20.2. The highest BCUT2D eigenvalue weighted by Crippen LogP contribution is 2.49. The van der Waals surface area contributed by atoms with Crippen molar-refractivity contribution < 1.29 is 91.9 Å². The van der Waals surface area contributed by atoms with Gasteiger partial charge in [-0.2, -0.15) is 0 Å². The Morgan fingerprint density at radius 1 is 0.818 bits per heavy atom. The maximum atomic E-state index is 13.8. The zero-order valence-corrected chi connectivity index (χ0v) is 40.6. The first-order chi connectivity index (χ1) is 31.3. The first-order valence-electron chi connectivity index (χ1n) is 24.0. The Morgan fingerprint density at radius 2 is 1.44 bits per heavy atom. The number of ketones is 1. The third kappa shape index (κ3) is 24.6. The minimum Gasteiger partial charge on any atom is -0.462 e. The summed E-state index contributed by atoms with van der Waals surface area (Å²) in [6.45, 7) is 2.54. The third-order valence-electron chi connectivity index (χ3n) is 11.9. The average molecular weight is 987 g/mol. The van der Waals surface area contributed by atoms with Crippen molar-refractivity contribution >= 4 is 33.4 Å². The molecule has 0 spiro atoms. The van der Waals surface area contributed by atoms with Gasteiger partial charge in [-0.1, -0.05) is 115 Å². The summed E-state index contributed by atoms with van der Waals surface area (Å²) in [5, 5.41) is 68.2. The number of fused-ring (bicyclic) bond motifs is 4. The van der Waals surface area contributed by atoms with E-state index >= 15 is 0 Å². The summed E-state index contributed by atoms with van der Waals surface area (Å²) in [6.07, 6.45) is 0.893. The van der Waals surface area contributed by atoms with E-state index in [0.29, 0.717) is 32.1 Å². The predicted octanol–water partition coefficient (Wildman–Crippen LogP) is 5.54. The zero-order chi connectivity index (χ0) is 49.1. The maximum Gasteiger partial charge on any atom is 0.472 e. The number of Topliss-reactive ketones (excluding diaryl/α,β-unsaturated/α-hetero) is 1. The average Bonchev–Trinajstić information content (AvgIpc) is 3.25. The van der Waals surface area contributed by atoms with Crippen molar-refractivity contribution in [2.24, 2.45) is 11.8 Å². The van der Waals surface area contributed by atoms with Gasteiger partial charge in [0.2, 0.25) is 0 Å². The van der Waals surface area contributed by atoms with Gasteiger partial charge in [-0.25, -0.2) is 9.13 Å². The van der Waals surface area contributed by atoms with Crippen LogP contribution in [0.4, 0.5) is 0 Å². The number of allylic oxidation sites excluding steroid dienone is 2. The van der Waals surface area contributed by atoms with Crippen molar-refractivity contribution in [1.29, 1.82) is 0 Å². The molecule has 0 amide bonds. The van der Waals surface area contributed by atoms with Gasteiger partial charge < -0.3 is 54.8 Å². The molecule has 2 aliphatic rings. The Labute approximate surface area is 390 Å². The van der Waals surface area contributed by atoms with Crippen LogP contribution in [0.15, 0.2) is 24.3 Å². The number of aliphatic hydroxyl groups is 6. The highest BCUT2D eigenvalue weighted by Gasteiger charge is 2.51. The zero-order valence-electron chi connectivity index (χ0n) is 38.8. The van der Waals surface area contributed by atoms with Crippen LogP contribution in [0.3, 0.4) is 0 Å². The number of unbranched alkanes of at least 4 members (excludes halogenated alkanes) is 11. The number of aliphatic hydroxyl groups excluding tert-OH is 6. The Hall–Kier alpha value is -1.93. The molecule has 0 aromatic rings. The lowest BCUT2D eigenvalue weighted by atomic mass is 9.83. The van der Waals surface area contributed by atoms with Crippen molar-refractivity contribution in [1.82, 2.24) is 0 Å². The molecule has 2 fully saturated rings. The van der Waals surface area contributed by atoms with Crippen LogP contribution in [0.2, 0.25) is 0 Å². The second-order valence-electron chi connectivity index (χ2n) is 17.6. The summed E-state index contributed by atoms with van der Waals surface area (Å²) >= 11 is 0. The molecular formula is C45H80O19P2. The molecule has 0 aromatic heterocycles. The first-order valence-corrected chi connectivity index (χ1v) is 27.0. The summed E-state index contributed by atoms with van der Waals surface area (Å²) < 4.78 is 52.2. The van der Waals surface area contributed by atoms with Crippen LogP contribution >= 0.6 is 15.6 Å². The smallest absolute Gasteiger partial charge is 0.462 e. The highest BCUT2D eigenvalue weighted by atomic mass is 31.2. The lowest BCUT2D eigenvalue weighted by molar-refractivity contribution is -0.165. The third-order valence-corrected chi connectivity index (χ3v) is 13.4. The summed E-state index contributed by atoms with van der Waals surface area (Å²) in [4.78, 5) is 70.4. The van der Waals surface area contributed by atoms with Crippen molar-refractivity contribution in [3.05, 3.63) is 24.3 Å². The van der Waals surface area contributed by atoms with Crippen LogP contribution < -0.4 is 0 Å². The molecule has 12 atom stereocenters. The van der Waals surface area contributed by atoms with Gasteiger partial charge in [0.25, 0.3) is 0 Å². The van der Waals surface area contributed by atoms with Gasteiger partial charge in [0.1, 0.15) is 36.8 Å². The summed E-state index contributed by atoms with van der Waals surface area (Å²) in [7, 11) is -11.5. The molecule has 0 aromatic carbocycles. The van der Waals surface area contributed by atoms with E-state index in [1.807, 2.05) is 6.92 Å². The molecule has 0 radical (unpaired) electrons. The van der Waals surface area contributed by atoms with Crippen LogP contribution in [-0.2, 0) is 46.6 Å². The van der Waals surface area contributed by atoms with E-state index in [2.05, 4.69) is 19.1 Å². The maximum absolute atomic E-state index is 13.8. The van der Waals surface area contributed by atoms with E-state index in [4.69, 9.17) is 23.0 Å². The Balaban J connectivity index is 2.41. The van der Waals surface area contributed by atoms with Gasteiger partial charge in [0.15, 0.2) is 6.10 Å². The van der Waals surface area contributed by atoms with Crippen molar-refractivity contribution in [3.63, 3.8) is 0 Å². The highest BCUT2D eigenvalue weighted by molar-refractivity contribution is 7.47. The van der Waals surface area contributed by atoms with Gasteiger partial charge in [0.05, 0.1) is 31.0 Å². The Bertz CT molecular complexity index is 1540. The number of phosphoric ester groups is 2. The topological polar surface area (TPSA) is 314 Å². The summed E-state index contributed by atoms with van der Waals surface area (Å²) in [5.74, 6) is -5.50. The largest absolute Gasteiger partial charge is 0.472 e. The number of carbonyl (C=O) groups is 3. The number of hydrogen-bond acceptors (Lipinski definition) is 16. The van der Waals surface area contributed by atoms with E-state index < -0.39 is 120 Å². The van der Waals surface area contributed by atoms with Crippen molar-refractivity contribution in [3.8, 4) is 0 Å². The van der Waals surface area contributed by atoms with E-state index in [1.54, 1.807) is 0 Å². The molecule has 1 aliphatic carbocycles. The number of rotatable bonds is 22. The molecule has 21 heteroatoms. The van der Waals surface area contributed by atoms with Gasteiger partial charge >= 0.3 is 27.6 Å². The van der Waals surface area contributed by atoms with Gasteiger partial charge in [-0.3, -0.25) is 28.0 Å². The summed E-state index contributed by atoms with van der Waals surface area (Å²) in [5.41, 5.74) is 0. The second kappa shape index (κ2) is 32.8. The minimum atomic E-state index is -5.77. The van der Waals surface area contributed by atoms with Gasteiger partial charge in [0, 0.05) is 31.1 Å². The molecule has 66 heavy (non-hydrogen) atoms. The number of carbonyl (C=O) groups excluding carboxylic acids is 3. The Kier molecular flexibility index (Phi) is 29.9. The number of esters is 2. The fourth-order valence-electron chi connectivity index (χ4n) is 8.04. The number of ether oxygens (including phenoxy) is 2. The van der Waals surface area contributed by atoms with Crippen LogP contribution in [0.25, 0.3) is 0 Å². The molecule has 1 saturated heterocycles. The van der Waals surface area contributed by atoms with E-state index in [9.17, 15) is 68.8 Å². The van der Waals surface area contributed by atoms with Gasteiger partial charge in [-0.15, -0.1) is 0 Å². The molecule has 1 heterocycles. The lowest BCUT2D eigenvalue weighted by Gasteiger charge is -2.38. The van der Waals surface area contributed by atoms with Crippen molar-refractivity contribution in [2.45, 2.75) is 216 Å². The molecule has 1 saturated carbocycles. The van der Waals surface area contributed by atoms with Crippen molar-refractivity contribution in [2.75, 3.05) is 13.2 Å². The monoisotopic (exact) mass is 986 g/mol. The van der Waals surface area contributed by atoms with E-state index in [-0.39, 0.29) is 32.1 Å². The molecular weight excluding hydrogens is 906 g/mol. The van der Waals surface area contributed by atoms with Crippen LogP contribution in [0, 0.1) is 11.8 Å². The SMILES string of the molecule is CCCCCC/C=C\CCCCCCCC(=O)O[C@@H]1COC(=O)CCCCCC[C@H]2C(=O)C[C@@H](O)[C@H](C=C[C@@H](O)CCCCC)[C@@H](O)[C@@H](OP(=O)(O)O)[C@@H](OP(=O)(O)OC1)[C@H](O)[C@@H](O)[C@@H]2O. The number of cyclic esters (lactones) is 1. The quantitative estimate of drug-likeness (QED) is 0.0278. The molecule has 1 aliphatic heterocycles. The number of hydrogen-bond donors (Lipinski definition) is 9. The first kappa shape index (κ1) is 60.2. The standard InChI is InChI=1S/C45H80O19P2/c1-3-5-7-8-9-10-11-12-13-14-15-16-22-26-39(50)62-33-30-60-38(49)25-21-18-17-20-24-34-36(47)29-37(48)35(28-27-32(46)23-19-6-4-2)41(52)44(63-65(55,56)57)45(43(54)42(53)40(34)51)64-66(58,59)61-31-33/h10-11,27-28,32-35,37,40-46,48,51-54H,3-9,12-26,29-31H2,1-2H3,(H,58,59)(H2,55,56,57)/b11-10-,28-27?/t32-,33+,34-,35-,37+,40+,41+,42-,43+,44+,45-/m0/s1.